The number of aromatic amines is 1. The molecule has 0 aliphatic heterocycles. The minimum Gasteiger partial charge on any atom is -0.477 e. The zero-order valence-electron chi connectivity index (χ0n) is 20.4. The van der Waals surface area contributed by atoms with Gasteiger partial charge in [-0.1, -0.05) is 18.2 Å². The Morgan fingerprint density at radius 2 is 2.03 bits per heavy atom. The lowest BCUT2D eigenvalue weighted by Crippen LogP contribution is -2.14. The molecule has 2 aromatic carbocycles. The maximum Gasteiger partial charge on any atom is 0.353 e. The van der Waals surface area contributed by atoms with Crippen molar-refractivity contribution in [1.29, 1.82) is 0 Å². The number of hydrogen-bond acceptors (Lipinski definition) is 6. The van der Waals surface area contributed by atoms with E-state index in [9.17, 15) is 19.5 Å². The van der Waals surface area contributed by atoms with E-state index in [1.807, 2.05) is 0 Å². The molecule has 5 aromatic rings. The van der Waals surface area contributed by atoms with Crippen molar-refractivity contribution in [3.05, 3.63) is 82.9 Å². The minimum atomic E-state index is -1.39. The molecular weight excluding hydrogens is 512 g/mol. The summed E-state index contributed by atoms with van der Waals surface area (Å²) >= 11 is 0. The number of ketones is 1. The number of rotatable bonds is 6. The van der Waals surface area contributed by atoms with Gasteiger partial charge >= 0.3 is 11.9 Å². The number of nitrogens with one attached hydrogen (secondary N) is 1. The third-order valence-corrected chi connectivity index (χ3v) is 6.87. The van der Waals surface area contributed by atoms with Gasteiger partial charge in [-0.2, -0.15) is 5.10 Å². The second-order valence-corrected chi connectivity index (χ2v) is 9.08. The monoisotopic (exact) mass is 531 g/mol. The first kappa shape index (κ1) is 24.3. The summed E-state index contributed by atoms with van der Waals surface area (Å²) in [6, 6.07) is 5.19. The summed E-state index contributed by atoms with van der Waals surface area (Å²) < 4.78 is 42.0. The molecule has 196 valence electrons. The SMILES string of the molecule is COC(=O)Cc1[nH]nc2cc(F)c(Cn3c(C(=O)O)c(C4=CC=CCC4=O)c4c5occc5c(F)cc43)cc12. The fourth-order valence-electron chi connectivity index (χ4n) is 5.09. The van der Waals surface area contributed by atoms with Crippen LogP contribution < -0.4 is 0 Å². The molecule has 39 heavy (non-hydrogen) atoms. The summed E-state index contributed by atoms with van der Waals surface area (Å²) in [4.78, 5) is 37.5. The number of carbonyl (C=O) groups is 3. The number of allylic oxidation sites excluding steroid dienone is 4. The van der Waals surface area contributed by atoms with Crippen molar-refractivity contribution in [2.45, 2.75) is 19.4 Å². The lowest BCUT2D eigenvalue weighted by Gasteiger charge is -2.12. The third kappa shape index (κ3) is 3.81. The molecule has 0 bridgehead atoms. The molecule has 0 saturated carbocycles. The molecule has 0 unspecified atom stereocenters. The molecule has 0 atom stereocenters. The highest BCUT2D eigenvalue weighted by Crippen LogP contribution is 2.40. The number of ether oxygens (including phenoxy) is 1. The van der Waals surface area contributed by atoms with E-state index >= 15 is 8.78 Å². The summed E-state index contributed by atoms with van der Waals surface area (Å²) in [5, 5.41) is 17.9. The normalized spacial score (nSPS) is 13.5. The van der Waals surface area contributed by atoms with E-state index in [0.29, 0.717) is 11.1 Å². The van der Waals surface area contributed by atoms with Crippen molar-refractivity contribution in [2.24, 2.45) is 0 Å². The fourth-order valence-corrected chi connectivity index (χ4v) is 5.09. The van der Waals surface area contributed by atoms with Crippen molar-refractivity contribution in [1.82, 2.24) is 14.8 Å². The Hall–Kier alpha value is -5.06. The van der Waals surface area contributed by atoms with Crippen LogP contribution in [0.5, 0.6) is 0 Å². The molecule has 3 heterocycles. The van der Waals surface area contributed by atoms with Gasteiger partial charge in [-0.3, -0.25) is 14.7 Å². The maximum absolute atomic E-state index is 15.3. The molecule has 2 N–H and O–H groups in total. The molecule has 0 saturated heterocycles. The fraction of sp³-hybridized carbons (Fsp3) is 0.143. The van der Waals surface area contributed by atoms with Gasteiger partial charge in [0.2, 0.25) is 0 Å². The zero-order valence-corrected chi connectivity index (χ0v) is 20.4. The van der Waals surface area contributed by atoms with Crippen LogP contribution in [-0.4, -0.2) is 44.7 Å². The first-order chi connectivity index (χ1) is 18.8. The number of fused-ring (bicyclic) bond motifs is 4. The number of H-pyrrole nitrogens is 1. The predicted octanol–water partition coefficient (Wildman–Crippen LogP) is 4.92. The van der Waals surface area contributed by atoms with Gasteiger partial charge in [0.05, 0.1) is 53.8 Å². The molecule has 0 radical (unpaired) electrons. The number of benzene rings is 2. The summed E-state index contributed by atoms with van der Waals surface area (Å²) in [7, 11) is 1.24. The Morgan fingerprint density at radius 1 is 1.21 bits per heavy atom. The molecule has 9 nitrogen and oxygen atoms in total. The van der Waals surface area contributed by atoms with Crippen molar-refractivity contribution < 1.29 is 37.4 Å². The molecule has 0 amide bonds. The highest BCUT2D eigenvalue weighted by molar-refractivity contribution is 6.29. The average molecular weight is 531 g/mol. The van der Waals surface area contributed by atoms with Gasteiger partial charge in [-0.15, -0.1) is 0 Å². The van der Waals surface area contributed by atoms with E-state index in [4.69, 9.17) is 9.15 Å². The highest BCUT2D eigenvalue weighted by Gasteiger charge is 2.31. The number of esters is 1. The smallest absolute Gasteiger partial charge is 0.353 e. The Balaban J connectivity index is 1.63. The molecular formula is C28H19F2N3O6. The van der Waals surface area contributed by atoms with E-state index in [2.05, 4.69) is 10.2 Å². The molecule has 6 rings (SSSR count). The van der Waals surface area contributed by atoms with E-state index in [-0.39, 0.29) is 75.0 Å². The predicted molar refractivity (Wildman–Crippen MR) is 136 cm³/mol. The van der Waals surface area contributed by atoms with E-state index < -0.39 is 23.6 Å². The Kier molecular flexibility index (Phi) is 5.63. The van der Waals surface area contributed by atoms with Crippen LogP contribution >= 0.6 is 0 Å². The number of furan rings is 1. The van der Waals surface area contributed by atoms with E-state index in [1.54, 1.807) is 12.2 Å². The Morgan fingerprint density at radius 3 is 2.77 bits per heavy atom. The number of aromatic nitrogens is 3. The average Bonchev–Trinajstić information content (AvgIpc) is 3.62. The molecule has 0 fully saturated rings. The van der Waals surface area contributed by atoms with Crippen molar-refractivity contribution in [3.8, 4) is 0 Å². The van der Waals surface area contributed by atoms with Crippen LogP contribution in [0.3, 0.4) is 0 Å². The van der Waals surface area contributed by atoms with Gasteiger partial charge in [0.15, 0.2) is 5.78 Å². The maximum atomic E-state index is 15.3. The van der Waals surface area contributed by atoms with Crippen molar-refractivity contribution in [2.75, 3.05) is 7.11 Å². The molecule has 1 aliphatic carbocycles. The topological polar surface area (TPSA) is 127 Å². The summed E-state index contributed by atoms with van der Waals surface area (Å²) in [6.45, 7) is -0.328. The largest absolute Gasteiger partial charge is 0.477 e. The van der Waals surface area contributed by atoms with Crippen LogP contribution in [0, 0.1) is 11.6 Å². The van der Waals surface area contributed by atoms with Gasteiger partial charge in [-0.25, -0.2) is 13.6 Å². The van der Waals surface area contributed by atoms with E-state index in [1.165, 1.54) is 36.1 Å². The highest BCUT2D eigenvalue weighted by atomic mass is 19.1. The number of hydrogen-bond donors (Lipinski definition) is 2. The summed E-state index contributed by atoms with van der Waals surface area (Å²) in [5.41, 5.74) is 0.802. The summed E-state index contributed by atoms with van der Waals surface area (Å²) in [6.07, 6.45) is 6.00. The van der Waals surface area contributed by atoms with E-state index in [0.717, 1.165) is 12.1 Å². The second-order valence-electron chi connectivity index (χ2n) is 9.08. The molecule has 1 aliphatic rings. The molecule has 11 heteroatoms. The van der Waals surface area contributed by atoms with Gasteiger partial charge in [-0.05, 0) is 18.2 Å². The number of methoxy groups -OCH3 is 1. The van der Waals surface area contributed by atoms with Gasteiger partial charge in [0.1, 0.15) is 22.9 Å². The lowest BCUT2D eigenvalue weighted by atomic mass is 9.93. The number of carboxylic acid groups (broad SMARTS) is 1. The zero-order chi connectivity index (χ0) is 27.4. The number of aromatic carboxylic acids is 1. The van der Waals surface area contributed by atoms with Crippen molar-refractivity contribution in [3.63, 3.8) is 0 Å². The quantitative estimate of drug-likeness (QED) is 0.298. The number of nitrogens with zero attached hydrogens (tertiary/aromatic N) is 2. The number of carboxylic acids is 1. The Labute approximate surface area is 217 Å². The van der Waals surface area contributed by atoms with Crippen LogP contribution in [-0.2, 0) is 27.3 Å². The standard InChI is InChI=1S/C28H19F2N3O6/c1-38-23(35)11-20-16-8-13(17(29)9-19(16)31-32-20)12-33-21-10-18(30)14-6-7-39-27(14)25(21)24(26(33)28(36)37)15-4-2-3-5-22(15)34/h2-4,6-10H,5,11-12H2,1H3,(H,31,32)(H,36,37). The first-order valence-electron chi connectivity index (χ1n) is 11.9. The summed E-state index contributed by atoms with van der Waals surface area (Å²) in [5.74, 6) is -3.59. The number of Topliss-reactive ketones (excluding diaryl/α,β-unsaturated/α-hetero) is 1. The van der Waals surface area contributed by atoms with Crippen molar-refractivity contribution >= 4 is 56.1 Å². The van der Waals surface area contributed by atoms with Crippen LogP contribution in [0.2, 0.25) is 0 Å². The lowest BCUT2D eigenvalue weighted by molar-refractivity contribution is -0.139. The number of halogens is 2. The van der Waals surface area contributed by atoms with Crippen LogP contribution in [0.1, 0.15) is 33.7 Å². The van der Waals surface area contributed by atoms with Gasteiger partial charge < -0.3 is 18.8 Å². The third-order valence-electron chi connectivity index (χ3n) is 6.87. The first-order valence-corrected chi connectivity index (χ1v) is 11.9. The Bertz CT molecular complexity index is 1920. The van der Waals surface area contributed by atoms with Crippen LogP contribution in [0.15, 0.2) is 53.2 Å². The molecule has 3 aromatic heterocycles. The van der Waals surface area contributed by atoms with Gasteiger partial charge in [0.25, 0.3) is 0 Å². The molecule has 0 spiro atoms. The number of carbonyl (C=O) groups excluding carboxylic acids is 2. The van der Waals surface area contributed by atoms with Crippen LogP contribution in [0.4, 0.5) is 8.78 Å². The second kappa shape index (κ2) is 9.05. The minimum absolute atomic E-state index is 0.0600. The van der Waals surface area contributed by atoms with Gasteiger partial charge in [0, 0.05) is 34.6 Å². The van der Waals surface area contributed by atoms with Crippen LogP contribution in [0.25, 0.3) is 38.3 Å².